The van der Waals surface area contributed by atoms with Crippen LogP contribution in [0.2, 0.25) is 0 Å². The SMILES string of the molecule is CCCCC.CCc1c(C)noc1C. The number of hydrogen-bond acceptors (Lipinski definition) is 2. The Kier molecular flexibility index (Phi) is 7.17. The molecule has 14 heavy (non-hydrogen) atoms. The van der Waals surface area contributed by atoms with Crippen LogP contribution in [0.1, 0.15) is 57.1 Å². The highest BCUT2D eigenvalue weighted by Gasteiger charge is 2.04. The number of aromatic nitrogens is 1. The van der Waals surface area contributed by atoms with E-state index in [0.29, 0.717) is 0 Å². The van der Waals surface area contributed by atoms with Crippen LogP contribution in [0.25, 0.3) is 0 Å². The molecular weight excluding hydrogens is 174 g/mol. The van der Waals surface area contributed by atoms with Crippen LogP contribution in [0.15, 0.2) is 4.52 Å². The summed E-state index contributed by atoms with van der Waals surface area (Å²) in [5.41, 5.74) is 2.27. The Labute approximate surface area is 87.7 Å². The van der Waals surface area contributed by atoms with E-state index in [1.165, 1.54) is 24.8 Å². The summed E-state index contributed by atoms with van der Waals surface area (Å²) in [6, 6.07) is 0. The molecule has 0 amide bonds. The van der Waals surface area contributed by atoms with E-state index >= 15 is 0 Å². The fourth-order valence-corrected chi connectivity index (χ4v) is 1.36. The van der Waals surface area contributed by atoms with Crippen molar-refractivity contribution in [3.05, 3.63) is 17.0 Å². The first kappa shape index (κ1) is 13.2. The van der Waals surface area contributed by atoms with Crippen LogP contribution in [0, 0.1) is 13.8 Å². The van der Waals surface area contributed by atoms with Crippen LogP contribution in [-0.2, 0) is 6.42 Å². The first-order valence-electron chi connectivity index (χ1n) is 5.59. The highest BCUT2D eigenvalue weighted by atomic mass is 16.5. The highest BCUT2D eigenvalue weighted by molar-refractivity contribution is 5.19. The molecular formula is C12H23NO. The summed E-state index contributed by atoms with van der Waals surface area (Å²) in [7, 11) is 0. The zero-order valence-electron chi connectivity index (χ0n) is 10.2. The van der Waals surface area contributed by atoms with Crippen LogP contribution in [0.5, 0.6) is 0 Å². The lowest BCUT2D eigenvalue weighted by Gasteiger charge is -1.88. The lowest BCUT2D eigenvalue weighted by Crippen LogP contribution is -1.82. The lowest BCUT2D eigenvalue weighted by atomic mass is 10.1. The van der Waals surface area contributed by atoms with Crippen molar-refractivity contribution in [3.63, 3.8) is 0 Å². The molecule has 0 atom stereocenters. The largest absolute Gasteiger partial charge is 0.361 e. The maximum atomic E-state index is 4.94. The summed E-state index contributed by atoms with van der Waals surface area (Å²) in [4.78, 5) is 0. The molecule has 0 bridgehead atoms. The first-order chi connectivity index (χ1) is 6.67. The third kappa shape index (κ3) is 4.45. The predicted octanol–water partition coefficient (Wildman–Crippen LogP) is 4.05. The monoisotopic (exact) mass is 197 g/mol. The van der Waals surface area contributed by atoms with Crippen LogP contribution in [-0.4, -0.2) is 5.16 Å². The molecule has 1 rings (SSSR count). The average molecular weight is 197 g/mol. The average Bonchev–Trinajstić information content (AvgIpc) is 2.48. The zero-order valence-corrected chi connectivity index (χ0v) is 10.2. The number of hydrogen-bond donors (Lipinski definition) is 0. The second kappa shape index (κ2) is 7.60. The summed E-state index contributed by atoms with van der Waals surface area (Å²) >= 11 is 0. The van der Waals surface area contributed by atoms with Crippen molar-refractivity contribution in [3.8, 4) is 0 Å². The van der Waals surface area contributed by atoms with E-state index in [9.17, 15) is 0 Å². The molecule has 1 heterocycles. The number of unbranched alkanes of at least 4 members (excludes halogenated alkanes) is 2. The van der Waals surface area contributed by atoms with E-state index in [4.69, 9.17) is 4.52 Å². The normalized spacial score (nSPS) is 9.50. The second-order valence-corrected chi connectivity index (χ2v) is 3.51. The Morgan fingerprint density at radius 1 is 1.07 bits per heavy atom. The molecule has 0 saturated heterocycles. The third-order valence-corrected chi connectivity index (χ3v) is 2.24. The van der Waals surface area contributed by atoms with Crippen molar-refractivity contribution < 1.29 is 4.52 Å². The molecule has 0 N–H and O–H groups in total. The van der Waals surface area contributed by atoms with Crippen molar-refractivity contribution >= 4 is 0 Å². The summed E-state index contributed by atoms with van der Waals surface area (Å²) < 4.78 is 4.94. The van der Waals surface area contributed by atoms with E-state index in [0.717, 1.165) is 17.9 Å². The molecule has 1 aromatic rings. The smallest absolute Gasteiger partial charge is 0.137 e. The number of aryl methyl sites for hydroxylation is 2. The van der Waals surface area contributed by atoms with Gasteiger partial charge < -0.3 is 4.52 Å². The minimum atomic E-state index is 0.954. The molecule has 0 spiro atoms. The molecule has 2 heteroatoms. The third-order valence-electron chi connectivity index (χ3n) is 2.24. The Hall–Kier alpha value is -0.790. The van der Waals surface area contributed by atoms with Crippen LogP contribution in [0.3, 0.4) is 0 Å². The van der Waals surface area contributed by atoms with Gasteiger partial charge in [-0.15, -0.1) is 0 Å². The van der Waals surface area contributed by atoms with Gasteiger partial charge in [-0.2, -0.15) is 0 Å². The maximum absolute atomic E-state index is 4.94. The van der Waals surface area contributed by atoms with E-state index < -0.39 is 0 Å². The van der Waals surface area contributed by atoms with Crippen LogP contribution >= 0.6 is 0 Å². The summed E-state index contributed by atoms with van der Waals surface area (Å²) in [5.74, 6) is 0.954. The molecule has 0 aliphatic heterocycles. The van der Waals surface area contributed by atoms with E-state index in [2.05, 4.69) is 25.9 Å². The van der Waals surface area contributed by atoms with Gasteiger partial charge in [0.25, 0.3) is 0 Å². The Morgan fingerprint density at radius 3 is 1.79 bits per heavy atom. The molecule has 0 aliphatic rings. The predicted molar refractivity (Wildman–Crippen MR) is 60.6 cm³/mol. The quantitative estimate of drug-likeness (QED) is 0.730. The van der Waals surface area contributed by atoms with Crippen molar-refractivity contribution in [2.45, 2.75) is 60.3 Å². The standard InChI is InChI=1S/C7H11NO.C5H12/c1-4-7-5(2)8-9-6(7)3;1-3-5-4-2/h4H2,1-3H3;3-5H2,1-2H3. The molecule has 0 fully saturated rings. The molecule has 0 saturated carbocycles. The Bertz CT molecular complexity index is 219. The summed E-state index contributed by atoms with van der Waals surface area (Å²) in [6.45, 7) is 10.4. The molecule has 82 valence electrons. The van der Waals surface area contributed by atoms with Gasteiger partial charge in [0.2, 0.25) is 0 Å². The first-order valence-corrected chi connectivity index (χ1v) is 5.59. The van der Waals surface area contributed by atoms with Gasteiger partial charge >= 0.3 is 0 Å². The highest BCUT2D eigenvalue weighted by Crippen LogP contribution is 2.11. The van der Waals surface area contributed by atoms with Gasteiger partial charge in [0.1, 0.15) is 5.76 Å². The molecule has 1 aromatic heterocycles. The van der Waals surface area contributed by atoms with Gasteiger partial charge in [-0.3, -0.25) is 0 Å². The van der Waals surface area contributed by atoms with Crippen molar-refractivity contribution in [1.29, 1.82) is 0 Å². The van der Waals surface area contributed by atoms with Gasteiger partial charge in [0.15, 0.2) is 0 Å². The summed E-state index contributed by atoms with van der Waals surface area (Å²) in [5, 5.41) is 3.81. The van der Waals surface area contributed by atoms with E-state index in [1.54, 1.807) is 0 Å². The summed E-state index contributed by atoms with van der Waals surface area (Å²) in [6.07, 6.45) is 5.09. The fourth-order valence-electron chi connectivity index (χ4n) is 1.36. The molecule has 0 radical (unpaired) electrons. The number of rotatable bonds is 3. The zero-order chi connectivity index (χ0) is 11.0. The van der Waals surface area contributed by atoms with Gasteiger partial charge in [-0.05, 0) is 20.3 Å². The van der Waals surface area contributed by atoms with Gasteiger partial charge in [-0.1, -0.05) is 45.2 Å². The number of nitrogens with zero attached hydrogens (tertiary/aromatic N) is 1. The van der Waals surface area contributed by atoms with Crippen LogP contribution in [0.4, 0.5) is 0 Å². The lowest BCUT2D eigenvalue weighted by molar-refractivity contribution is 0.392. The second-order valence-electron chi connectivity index (χ2n) is 3.51. The fraction of sp³-hybridized carbons (Fsp3) is 0.750. The van der Waals surface area contributed by atoms with E-state index in [-0.39, 0.29) is 0 Å². The molecule has 2 nitrogen and oxygen atoms in total. The maximum Gasteiger partial charge on any atom is 0.137 e. The molecule has 0 unspecified atom stereocenters. The van der Waals surface area contributed by atoms with Gasteiger partial charge in [-0.25, -0.2) is 0 Å². The Morgan fingerprint density at radius 2 is 1.64 bits per heavy atom. The van der Waals surface area contributed by atoms with Crippen molar-refractivity contribution in [2.75, 3.05) is 0 Å². The van der Waals surface area contributed by atoms with Crippen molar-refractivity contribution in [2.24, 2.45) is 0 Å². The minimum absolute atomic E-state index is 0.954. The van der Waals surface area contributed by atoms with Gasteiger partial charge in [0, 0.05) is 5.56 Å². The molecule has 0 aromatic carbocycles. The molecule has 0 aliphatic carbocycles. The minimum Gasteiger partial charge on any atom is -0.361 e. The topological polar surface area (TPSA) is 26.0 Å². The van der Waals surface area contributed by atoms with E-state index in [1.807, 2.05) is 13.8 Å². The van der Waals surface area contributed by atoms with Crippen LogP contribution < -0.4 is 0 Å². The Balaban J connectivity index is 0.000000292. The van der Waals surface area contributed by atoms with Crippen molar-refractivity contribution in [1.82, 2.24) is 5.16 Å². The van der Waals surface area contributed by atoms with Gasteiger partial charge in [0.05, 0.1) is 5.69 Å².